The summed E-state index contributed by atoms with van der Waals surface area (Å²) in [5.41, 5.74) is 9.16. The summed E-state index contributed by atoms with van der Waals surface area (Å²) in [4.78, 5) is 0. The van der Waals surface area contributed by atoms with Gasteiger partial charge < -0.3 is 0 Å². The predicted molar refractivity (Wildman–Crippen MR) is 117 cm³/mol. The summed E-state index contributed by atoms with van der Waals surface area (Å²) >= 11 is 0. The zero-order chi connectivity index (χ0) is 19.0. The fraction of sp³-hybridized carbons (Fsp3) is 0.185. The van der Waals surface area contributed by atoms with Crippen molar-refractivity contribution < 1.29 is 0 Å². The van der Waals surface area contributed by atoms with E-state index in [9.17, 15) is 0 Å². The van der Waals surface area contributed by atoms with Crippen molar-refractivity contribution in [3.63, 3.8) is 0 Å². The summed E-state index contributed by atoms with van der Waals surface area (Å²) in [5.74, 6) is 0.238. The molecule has 0 N–H and O–H groups in total. The van der Waals surface area contributed by atoms with E-state index in [0.29, 0.717) is 0 Å². The number of rotatable bonds is 2. The van der Waals surface area contributed by atoms with E-state index in [4.69, 9.17) is 0 Å². The van der Waals surface area contributed by atoms with Gasteiger partial charge in [-0.15, -0.1) is 0 Å². The second-order valence-electron chi connectivity index (χ2n) is 8.39. The Labute approximate surface area is 162 Å². The fourth-order valence-corrected chi connectivity index (χ4v) is 3.95. The highest BCUT2D eigenvalue weighted by molar-refractivity contribution is 5.97. The average molecular weight is 351 g/mol. The molecule has 0 heteroatoms. The lowest BCUT2D eigenvalue weighted by Crippen LogP contribution is -2.10. The van der Waals surface area contributed by atoms with Crippen LogP contribution in [0, 0.1) is 0 Å². The van der Waals surface area contributed by atoms with Crippen molar-refractivity contribution in [2.75, 3.05) is 0 Å². The Morgan fingerprint density at radius 1 is 0.778 bits per heavy atom. The van der Waals surface area contributed by atoms with Crippen molar-refractivity contribution in [3.8, 4) is 0 Å². The molecule has 3 aromatic rings. The molecule has 0 nitrogen and oxygen atoms in total. The van der Waals surface area contributed by atoms with Crippen molar-refractivity contribution in [2.45, 2.75) is 32.1 Å². The van der Waals surface area contributed by atoms with Gasteiger partial charge in [0.05, 0.1) is 0 Å². The zero-order valence-corrected chi connectivity index (χ0v) is 16.4. The maximum Gasteiger partial charge on any atom is 0.0346 e. The lowest BCUT2D eigenvalue weighted by Gasteiger charge is -2.19. The minimum Gasteiger partial charge on any atom is -0.0942 e. The summed E-state index contributed by atoms with van der Waals surface area (Å²) in [5, 5.41) is 0. The van der Waals surface area contributed by atoms with Gasteiger partial charge in [-0.25, -0.2) is 0 Å². The van der Waals surface area contributed by atoms with Crippen LogP contribution in [0.3, 0.4) is 0 Å². The highest BCUT2D eigenvalue weighted by Crippen LogP contribution is 2.48. The predicted octanol–water partition coefficient (Wildman–Crippen LogP) is 7.23. The monoisotopic (exact) mass is 350 g/mol. The van der Waals surface area contributed by atoms with E-state index < -0.39 is 0 Å². The molecule has 0 saturated carbocycles. The Bertz CT molecular complexity index is 996. The summed E-state index contributed by atoms with van der Waals surface area (Å²) in [6, 6.07) is 28.3. The maximum absolute atomic E-state index is 4.49. The maximum atomic E-state index is 4.49. The van der Waals surface area contributed by atoms with Gasteiger partial charge in [0, 0.05) is 5.92 Å². The molecule has 0 heterocycles. The second-order valence-corrected chi connectivity index (χ2v) is 8.39. The Morgan fingerprint density at radius 3 is 2.07 bits per heavy atom. The van der Waals surface area contributed by atoms with Gasteiger partial charge in [0.2, 0.25) is 0 Å². The first-order valence-corrected chi connectivity index (χ1v) is 9.61. The van der Waals surface area contributed by atoms with Crippen molar-refractivity contribution in [3.05, 3.63) is 119 Å². The fourth-order valence-electron chi connectivity index (χ4n) is 3.95. The molecule has 0 bridgehead atoms. The first-order chi connectivity index (χ1) is 12.9. The highest BCUT2D eigenvalue weighted by Gasteiger charge is 2.30. The third-order valence-electron chi connectivity index (χ3n) is 5.48. The van der Waals surface area contributed by atoms with E-state index >= 15 is 0 Å². The number of benzene rings is 3. The van der Waals surface area contributed by atoms with Gasteiger partial charge in [0.25, 0.3) is 0 Å². The standard InChI is InChI=1S/C27H26/c1-19-25(18-20-14-16-22(17-15-20)27(2,3)4)23-12-8-9-13-24(23)26(19)21-10-6-5-7-11-21/h5-18,26H,1H2,2-4H3/b25-18+. The molecule has 1 unspecified atom stereocenters. The molecule has 0 amide bonds. The minimum absolute atomic E-state index is 0.174. The van der Waals surface area contributed by atoms with Gasteiger partial charge in [-0.05, 0) is 50.5 Å². The molecule has 0 saturated heterocycles. The molecular weight excluding hydrogens is 324 g/mol. The van der Waals surface area contributed by atoms with Crippen LogP contribution >= 0.6 is 0 Å². The number of allylic oxidation sites excluding steroid dienone is 2. The van der Waals surface area contributed by atoms with Crippen LogP contribution in [0.1, 0.15) is 54.5 Å². The van der Waals surface area contributed by atoms with Crippen LogP contribution in [-0.4, -0.2) is 0 Å². The Balaban J connectivity index is 1.77. The molecule has 1 atom stereocenters. The second kappa shape index (κ2) is 6.70. The van der Waals surface area contributed by atoms with Crippen molar-refractivity contribution in [1.82, 2.24) is 0 Å². The summed E-state index contributed by atoms with van der Waals surface area (Å²) < 4.78 is 0. The molecule has 1 aliphatic rings. The number of fused-ring (bicyclic) bond motifs is 1. The SMILES string of the molecule is C=C1/C(=C\c2ccc(C(C)(C)C)cc2)c2ccccc2C1c1ccccc1. The molecule has 0 fully saturated rings. The summed E-state index contributed by atoms with van der Waals surface area (Å²) in [7, 11) is 0. The Kier molecular flexibility index (Phi) is 4.36. The first-order valence-electron chi connectivity index (χ1n) is 9.61. The topological polar surface area (TPSA) is 0 Å². The molecule has 0 radical (unpaired) electrons. The largest absolute Gasteiger partial charge is 0.0942 e. The van der Waals surface area contributed by atoms with Gasteiger partial charge in [-0.3, -0.25) is 0 Å². The molecule has 4 rings (SSSR count). The van der Waals surface area contributed by atoms with Crippen LogP contribution in [0.5, 0.6) is 0 Å². The molecule has 0 aromatic heterocycles. The number of hydrogen-bond acceptors (Lipinski definition) is 0. The van der Waals surface area contributed by atoms with Crippen LogP contribution in [0.2, 0.25) is 0 Å². The van der Waals surface area contributed by atoms with Gasteiger partial charge in [-0.1, -0.05) is 106 Å². The van der Waals surface area contributed by atoms with Crippen molar-refractivity contribution >= 4 is 11.6 Å². The highest BCUT2D eigenvalue weighted by atomic mass is 14.3. The van der Waals surface area contributed by atoms with Gasteiger partial charge >= 0.3 is 0 Å². The minimum atomic E-state index is 0.174. The van der Waals surface area contributed by atoms with Crippen LogP contribution in [0.25, 0.3) is 11.6 Å². The third-order valence-corrected chi connectivity index (χ3v) is 5.48. The van der Waals surface area contributed by atoms with E-state index in [1.807, 2.05) is 0 Å². The lowest BCUT2D eigenvalue weighted by atomic mass is 9.86. The van der Waals surface area contributed by atoms with Crippen molar-refractivity contribution in [1.29, 1.82) is 0 Å². The normalized spacial score (nSPS) is 18.0. The smallest absolute Gasteiger partial charge is 0.0346 e. The molecule has 0 spiro atoms. The molecule has 27 heavy (non-hydrogen) atoms. The van der Waals surface area contributed by atoms with Crippen LogP contribution < -0.4 is 0 Å². The van der Waals surface area contributed by atoms with Gasteiger partial charge in [0.1, 0.15) is 0 Å². The van der Waals surface area contributed by atoms with Gasteiger partial charge in [-0.2, -0.15) is 0 Å². The molecular formula is C27H26. The average Bonchev–Trinajstić information content (AvgIpc) is 2.94. The van der Waals surface area contributed by atoms with E-state index in [1.165, 1.54) is 39.0 Å². The van der Waals surface area contributed by atoms with E-state index in [0.717, 1.165) is 0 Å². The number of hydrogen-bond donors (Lipinski definition) is 0. The van der Waals surface area contributed by atoms with E-state index in [1.54, 1.807) is 0 Å². The Hall–Kier alpha value is -2.86. The van der Waals surface area contributed by atoms with Crippen LogP contribution in [0.15, 0.2) is 91.0 Å². The lowest BCUT2D eigenvalue weighted by molar-refractivity contribution is 0.590. The zero-order valence-electron chi connectivity index (χ0n) is 16.4. The van der Waals surface area contributed by atoms with E-state index in [2.05, 4.69) is 112 Å². The molecule has 0 aliphatic heterocycles. The molecule has 134 valence electrons. The van der Waals surface area contributed by atoms with Crippen molar-refractivity contribution in [2.24, 2.45) is 0 Å². The van der Waals surface area contributed by atoms with Crippen LogP contribution in [0.4, 0.5) is 0 Å². The Morgan fingerprint density at radius 2 is 1.41 bits per heavy atom. The first kappa shape index (κ1) is 17.5. The van der Waals surface area contributed by atoms with E-state index in [-0.39, 0.29) is 11.3 Å². The quantitative estimate of drug-likeness (QED) is 0.457. The summed E-state index contributed by atoms with van der Waals surface area (Å²) in [6.07, 6.45) is 2.29. The van der Waals surface area contributed by atoms with Crippen LogP contribution in [-0.2, 0) is 5.41 Å². The molecule has 1 aliphatic carbocycles. The third kappa shape index (κ3) is 3.28. The van der Waals surface area contributed by atoms with Gasteiger partial charge in [0.15, 0.2) is 0 Å². The molecule has 3 aromatic carbocycles. The summed E-state index contributed by atoms with van der Waals surface area (Å²) in [6.45, 7) is 11.2.